The summed E-state index contributed by atoms with van der Waals surface area (Å²) in [6.07, 6.45) is 4.63. The minimum atomic E-state index is -0.450. The molecule has 0 aliphatic heterocycles. The topological polar surface area (TPSA) is 75.3 Å². The van der Waals surface area contributed by atoms with Crippen LogP contribution in [-0.2, 0) is 11.2 Å². The molecule has 1 aliphatic carbocycles. The number of carbonyl (C=O) groups is 1. The SMILES string of the molecule is CCc1ccc(O)c(NC(=O)C2(CN)CCCC2)c1. The molecule has 4 nitrogen and oxygen atoms in total. The molecule has 0 heterocycles. The molecule has 0 bridgehead atoms. The first-order chi connectivity index (χ1) is 9.11. The molecule has 1 aromatic rings. The number of benzene rings is 1. The average molecular weight is 262 g/mol. The van der Waals surface area contributed by atoms with Crippen LogP contribution in [-0.4, -0.2) is 17.6 Å². The zero-order valence-electron chi connectivity index (χ0n) is 11.4. The number of phenolic OH excluding ortho intramolecular Hbond substituents is 1. The van der Waals surface area contributed by atoms with E-state index in [1.54, 1.807) is 6.07 Å². The van der Waals surface area contributed by atoms with Crippen molar-refractivity contribution in [1.29, 1.82) is 0 Å². The Hall–Kier alpha value is -1.55. The number of hydrogen-bond acceptors (Lipinski definition) is 3. The normalized spacial score (nSPS) is 17.4. The molecule has 1 aliphatic rings. The van der Waals surface area contributed by atoms with Crippen molar-refractivity contribution in [3.05, 3.63) is 23.8 Å². The summed E-state index contributed by atoms with van der Waals surface area (Å²) in [5.74, 6) is 0.0479. The second kappa shape index (κ2) is 5.61. The number of aryl methyl sites for hydroxylation is 1. The third kappa shape index (κ3) is 2.73. The van der Waals surface area contributed by atoms with Gasteiger partial charge in [-0.25, -0.2) is 0 Å². The van der Waals surface area contributed by atoms with E-state index in [4.69, 9.17) is 5.73 Å². The Labute approximate surface area is 114 Å². The van der Waals surface area contributed by atoms with Crippen molar-refractivity contribution in [1.82, 2.24) is 0 Å². The monoisotopic (exact) mass is 262 g/mol. The first-order valence-corrected chi connectivity index (χ1v) is 6.95. The van der Waals surface area contributed by atoms with Crippen LogP contribution >= 0.6 is 0 Å². The number of amides is 1. The van der Waals surface area contributed by atoms with Gasteiger partial charge in [-0.2, -0.15) is 0 Å². The van der Waals surface area contributed by atoms with Gasteiger partial charge in [0.1, 0.15) is 5.75 Å². The highest BCUT2D eigenvalue weighted by atomic mass is 16.3. The maximum atomic E-state index is 12.4. The fraction of sp³-hybridized carbons (Fsp3) is 0.533. The van der Waals surface area contributed by atoms with Gasteiger partial charge in [0.25, 0.3) is 0 Å². The highest BCUT2D eigenvalue weighted by Crippen LogP contribution is 2.39. The van der Waals surface area contributed by atoms with Gasteiger partial charge in [-0.3, -0.25) is 4.79 Å². The van der Waals surface area contributed by atoms with E-state index in [0.717, 1.165) is 37.7 Å². The van der Waals surface area contributed by atoms with Gasteiger partial charge < -0.3 is 16.2 Å². The van der Waals surface area contributed by atoms with E-state index < -0.39 is 5.41 Å². The third-order valence-corrected chi connectivity index (χ3v) is 4.15. The first-order valence-electron chi connectivity index (χ1n) is 6.95. The molecule has 0 saturated heterocycles. The van der Waals surface area contributed by atoms with E-state index in [1.807, 2.05) is 19.1 Å². The summed E-state index contributed by atoms with van der Waals surface area (Å²) in [6.45, 7) is 2.41. The Balaban J connectivity index is 2.18. The molecule has 0 radical (unpaired) electrons. The zero-order valence-corrected chi connectivity index (χ0v) is 11.4. The quantitative estimate of drug-likeness (QED) is 0.729. The maximum absolute atomic E-state index is 12.4. The molecule has 2 rings (SSSR count). The summed E-state index contributed by atoms with van der Waals surface area (Å²) in [4.78, 5) is 12.4. The van der Waals surface area contributed by atoms with Gasteiger partial charge in [0.05, 0.1) is 11.1 Å². The summed E-state index contributed by atoms with van der Waals surface area (Å²) in [5.41, 5.74) is 6.92. The van der Waals surface area contributed by atoms with Crippen molar-refractivity contribution in [2.75, 3.05) is 11.9 Å². The predicted octanol–water partition coefficient (Wildman–Crippen LogP) is 2.41. The number of rotatable bonds is 4. The number of hydrogen-bond donors (Lipinski definition) is 3. The Kier molecular flexibility index (Phi) is 4.10. The minimum Gasteiger partial charge on any atom is -0.506 e. The molecule has 19 heavy (non-hydrogen) atoms. The van der Waals surface area contributed by atoms with Crippen molar-refractivity contribution >= 4 is 11.6 Å². The number of phenols is 1. The van der Waals surface area contributed by atoms with Gasteiger partial charge in [-0.05, 0) is 37.0 Å². The summed E-state index contributed by atoms with van der Waals surface area (Å²) >= 11 is 0. The van der Waals surface area contributed by atoms with Crippen LogP contribution in [0.1, 0.15) is 38.2 Å². The lowest BCUT2D eigenvalue weighted by Gasteiger charge is -2.26. The van der Waals surface area contributed by atoms with Crippen molar-refractivity contribution in [2.24, 2.45) is 11.1 Å². The lowest BCUT2D eigenvalue weighted by Crippen LogP contribution is -2.40. The standard InChI is InChI=1S/C15H22N2O2/c1-2-11-5-6-13(18)12(9-11)17-14(19)15(10-16)7-3-4-8-15/h5-6,9,18H,2-4,7-8,10,16H2,1H3,(H,17,19). The van der Waals surface area contributed by atoms with Gasteiger partial charge in [0, 0.05) is 6.54 Å². The van der Waals surface area contributed by atoms with Crippen molar-refractivity contribution in [3.8, 4) is 5.75 Å². The molecule has 0 spiro atoms. The van der Waals surface area contributed by atoms with Gasteiger partial charge >= 0.3 is 0 Å². The fourth-order valence-electron chi connectivity index (χ4n) is 2.73. The molecule has 4 heteroatoms. The van der Waals surface area contributed by atoms with Crippen molar-refractivity contribution < 1.29 is 9.90 Å². The molecule has 0 aromatic heterocycles. The van der Waals surface area contributed by atoms with E-state index in [9.17, 15) is 9.90 Å². The van der Waals surface area contributed by atoms with Crippen LogP contribution in [0.2, 0.25) is 0 Å². The molecule has 1 aromatic carbocycles. The van der Waals surface area contributed by atoms with Crippen molar-refractivity contribution in [3.63, 3.8) is 0 Å². The number of nitrogens with two attached hydrogens (primary N) is 1. The lowest BCUT2D eigenvalue weighted by atomic mass is 9.85. The van der Waals surface area contributed by atoms with Crippen LogP contribution in [0.5, 0.6) is 5.75 Å². The summed E-state index contributed by atoms with van der Waals surface area (Å²) < 4.78 is 0. The maximum Gasteiger partial charge on any atom is 0.231 e. The first kappa shape index (κ1) is 13.9. The van der Waals surface area contributed by atoms with Crippen LogP contribution in [0.15, 0.2) is 18.2 Å². The van der Waals surface area contributed by atoms with Crippen LogP contribution in [0.4, 0.5) is 5.69 Å². The smallest absolute Gasteiger partial charge is 0.231 e. The van der Waals surface area contributed by atoms with Crippen LogP contribution in [0.25, 0.3) is 0 Å². The molecule has 1 amide bonds. The highest BCUT2D eigenvalue weighted by molar-refractivity contribution is 5.97. The lowest BCUT2D eigenvalue weighted by molar-refractivity contribution is -0.124. The molecule has 0 atom stereocenters. The predicted molar refractivity (Wildman–Crippen MR) is 76.1 cm³/mol. The van der Waals surface area contributed by atoms with Gasteiger partial charge in [0.2, 0.25) is 5.91 Å². The zero-order chi connectivity index (χ0) is 13.9. The second-order valence-corrected chi connectivity index (χ2v) is 5.35. The highest BCUT2D eigenvalue weighted by Gasteiger charge is 2.39. The molecule has 0 unspecified atom stereocenters. The van der Waals surface area contributed by atoms with Crippen LogP contribution in [0.3, 0.4) is 0 Å². The summed E-state index contributed by atoms with van der Waals surface area (Å²) in [6, 6.07) is 5.31. The Bertz CT molecular complexity index is 465. The fourth-order valence-corrected chi connectivity index (χ4v) is 2.73. The second-order valence-electron chi connectivity index (χ2n) is 5.35. The largest absolute Gasteiger partial charge is 0.506 e. The van der Waals surface area contributed by atoms with Crippen molar-refractivity contribution in [2.45, 2.75) is 39.0 Å². The summed E-state index contributed by atoms with van der Waals surface area (Å²) in [5, 5.41) is 12.7. The number of carbonyl (C=O) groups excluding carboxylic acids is 1. The Morgan fingerprint density at radius 1 is 1.42 bits per heavy atom. The molecule has 4 N–H and O–H groups in total. The molecular weight excluding hydrogens is 240 g/mol. The molecule has 1 saturated carbocycles. The van der Waals surface area contributed by atoms with Crippen LogP contribution < -0.4 is 11.1 Å². The average Bonchev–Trinajstić information content (AvgIpc) is 2.91. The van der Waals surface area contributed by atoms with E-state index in [1.165, 1.54) is 0 Å². The van der Waals surface area contributed by atoms with Gasteiger partial charge in [0.15, 0.2) is 0 Å². The molecule has 1 fully saturated rings. The van der Waals surface area contributed by atoms with E-state index >= 15 is 0 Å². The van der Waals surface area contributed by atoms with E-state index in [2.05, 4.69) is 5.32 Å². The minimum absolute atomic E-state index is 0.0592. The Morgan fingerprint density at radius 2 is 2.11 bits per heavy atom. The number of nitrogens with one attached hydrogen (secondary N) is 1. The summed E-state index contributed by atoms with van der Waals surface area (Å²) in [7, 11) is 0. The third-order valence-electron chi connectivity index (χ3n) is 4.15. The van der Waals surface area contributed by atoms with E-state index in [0.29, 0.717) is 12.2 Å². The number of anilines is 1. The van der Waals surface area contributed by atoms with Gasteiger partial charge in [-0.15, -0.1) is 0 Å². The van der Waals surface area contributed by atoms with E-state index in [-0.39, 0.29) is 11.7 Å². The molecular formula is C15H22N2O2. The van der Waals surface area contributed by atoms with Crippen LogP contribution in [0, 0.1) is 5.41 Å². The number of aromatic hydroxyl groups is 1. The molecule has 104 valence electrons. The van der Waals surface area contributed by atoms with Gasteiger partial charge in [-0.1, -0.05) is 25.8 Å². The Morgan fingerprint density at radius 3 is 2.68 bits per heavy atom.